The van der Waals surface area contributed by atoms with E-state index in [1.165, 1.54) is 11.1 Å². The Hall–Kier alpha value is -2.15. The summed E-state index contributed by atoms with van der Waals surface area (Å²) >= 11 is 0. The molecule has 2 aromatic carbocycles. The lowest BCUT2D eigenvalue weighted by molar-refractivity contribution is 0.604. The van der Waals surface area contributed by atoms with Crippen LogP contribution in [0.15, 0.2) is 71.3 Å². The highest BCUT2D eigenvalue weighted by atomic mass is 16.3. The predicted octanol–water partition coefficient (Wildman–Crippen LogP) is 4.38. The largest absolute Gasteiger partial charge is 0.360 e. The smallest absolute Gasteiger partial charge is 0.216 e. The van der Waals surface area contributed by atoms with E-state index in [1.54, 1.807) is 6.26 Å². The molecule has 16 heavy (non-hydrogen) atoms. The van der Waals surface area contributed by atoms with Crippen LogP contribution < -0.4 is 0 Å². The number of benzene rings is 2. The minimum absolute atomic E-state index is 0.920. The van der Waals surface area contributed by atoms with Gasteiger partial charge < -0.3 is 0 Å². The maximum Gasteiger partial charge on any atom is 0.360 e. The summed E-state index contributed by atoms with van der Waals surface area (Å²) in [6.07, 6.45) is 1.74. The molecular weight excluding hydrogens is 196 g/mol. The van der Waals surface area contributed by atoms with E-state index in [0.29, 0.717) is 0 Å². The molecule has 1 aromatic heterocycles. The van der Waals surface area contributed by atoms with Gasteiger partial charge >= 0.3 is 11.8 Å². The molecule has 0 aliphatic heterocycles. The third-order valence-corrected chi connectivity index (χ3v) is 2.69. The van der Waals surface area contributed by atoms with Crippen LogP contribution in [0.3, 0.4) is 0 Å². The number of hydrogen-bond donors (Lipinski definition) is 0. The highest BCUT2D eigenvalue weighted by Crippen LogP contribution is 2.27. The molecule has 0 unspecified atom stereocenters. The van der Waals surface area contributed by atoms with Gasteiger partial charge in [0.2, 0.25) is 0 Å². The van der Waals surface area contributed by atoms with E-state index in [9.17, 15) is 0 Å². The van der Waals surface area contributed by atoms with Crippen LogP contribution in [-0.2, 0) is 0 Å². The van der Waals surface area contributed by atoms with E-state index in [4.69, 9.17) is 4.42 Å². The molecule has 0 saturated carbocycles. The van der Waals surface area contributed by atoms with Crippen LogP contribution >= 0.6 is 0 Å². The highest BCUT2D eigenvalue weighted by Gasteiger charge is 2.10. The van der Waals surface area contributed by atoms with Crippen LogP contribution in [0.1, 0.15) is 0 Å². The lowest BCUT2D eigenvalue weighted by Gasteiger charge is -2.00. The van der Waals surface area contributed by atoms with Crippen molar-refractivity contribution in [3.63, 3.8) is 0 Å². The van der Waals surface area contributed by atoms with Gasteiger partial charge in [0.1, 0.15) is 0 Å². The van der Waals surface area contributed by atoms with E-state index in [1.807, 2.05) is 42.5 Å². The molecule has 0 bridgehead atoms. The summed E-state index contributed by atoms with van der Waals surface area (Å²) in [6, 6.07) is 20.5. The van der Waals surface area contributed by atoms with Crippen molar-refractivity contribution in [1.29, 1.82) is 0 Å². The van der Waals surface area contributed by atoms with Crippen LogP contribution in [-0.4, -0.2) is 0 Å². The van der Waals surface area contributed by atoms with Crippen LogP contribution in [0.2, 0.25) is 0 Å². The summed E-state index contributed by atoms with van der Waals surface area (Å²) in [4.78, 5) is 0. The van der Waals surface area contributed by atoms with Crippen LogP contribution in [0.4, 0.5) is 0 Å². The molecule has 0 atom stereocenters. The first kappa shape index (κ1) is 9.10. The molecule has 0 N–H and O–H groups in total. The van der Waals surface area contributed by atoms with Gasteiger partial charge in [-0.25, -0.2) is 4.42 Å². The van der Waals surface area contributed by atoms with Crippen molar-refractivity contribution in [2.24, 2.45) is 0 Å². The van der Waals surface area contributed by atoms with Crippen molar-refractivity contribution in [3.8, 4) is 11.1 Å². The summed E-state index contributed by atoms with van der Waals surface area (Å²) < 4.78 is 5.47. The third kappa shape index (κ3) is 1.47. The minimum Gasteiger partial charge on any atom is -0.216 e. The number of fused-ring (bicyclic) bond motifs is 1. The van der Waals surface area contributed by atoms with Crippen molar-refractivity contribution in [2.45, 2.75) is 0 Å². The van der Waals surface area contributed by atoms with E-state index in [2.05, 4.69) is 18.2 Å². The van der Waals surface area contributed by atoms with E-state index in [-0.39, 0.29) is 0 Å². The number of rotatable bonds is 1. The number of para-hydroxylation sites is 1. The van der Waals surface area contributed by atoms with Crippen LogP contribution in [0.25, 0.3) is 22.1 Å². The highest BCUT2D eigenvalue weighted by molar-refractivity contribution is 5.92. The zero-order chi connectivity index (χ0) is 10.8. The molecule has 1 heterocycles. The second-order valence-corrected chi connectivity index (χ2v) is 3.70. The zero-order valence-corrected chi connectivity index (χ0v) is 8.76. The Bertz CT molecular complexity index is 609. The van der Waals surface area contributed by atoms with Crippen molar-refractivity contribution in [1.82, 2.24) is 0 Å². The van der Waals surface area contributed by atoms with Crippen molar-refractivity contribution < 1.29 is 4.42 Å². The normalized spacial score (nSPS) is 10.5. The number of hydrogen-bond acceptors (Lipinski definition) is 0. The third-order valence-electron chi connectivity index (χ3n) is 2.69. The average Bonchev–Trinajstić information content (AvgIpc) is 2.39. The monoisotopic (exact) mass is 207 g/mol. The van der Waals surface area contributed by atoms with Gasteiger partial charge in [-0.3, -0.25) is 0 Å². The van der Waals surface area contributed by atoms with E-state index in [0.717, 1.165) is 11.0 Å². The molecule has 0 amide bonds. The summed E-state index contributed by atoms with van der Waals surface area (Å²) in [6.45, 7) is 0. The maximum absolute atomic E-state index is 5.47. The summed E-state index contributed by atoms with van der Waals surface area (Å²) in [7, 11) is 0. The van der Waals surface area contributed by atoms with Crippen molar-refractivity contribution >= 4 is 11.0 Å². The first-order valence-corrected chi connectivity index (χ1v) is 5.30. The SMILES string of the molecule is c1ccc(-c2cc[o+]c3ccccc23)cc1. The molecule has 3 aromatic rings. The fraction of sp³-hybridized carbons (Fsp3) is 0. The molecule has 3 rings (SSSR count). The molecule has 0 saturated heterocycles. The molecule has 0 fully saturated rings. The standard InChI is InChI=1S/C15H11O/c1-2-6-12(7-3-1)13-10-11-16-15-9-5-4-8-14(13)15/h1-11H/q+1. The average molecular weight is 207 g/mol. The molecule has 76 valence electrons. The minimum atomic E-state index is 0.920. The van der Waals surface area contributed by atoms with E-state index < -0.39 is 0 Å². The Morgan fingerprint density at radius 1 is 0.688 bits per heavy atom. The van der Waals surface area contributed by atoms with Gasteiger partial charge in [0.15, 0.2) is 0 Å². The second-order valence-electron chi connectivity index (χ2n) is 3.70. The Kier molecular flexibility index (Phi) is 2.15. The summed E-state index contributed by atoms with van der Waals surface area (Å²) in [5, 5.41) is 1.15. The molecule has 0 aliphatic carbocycles. The van der Waals surface area contributed by atoms with Crippen molar-refractivity contribution in [2.75, 3.05) is 0 Å². The molecular formula is C15H11O+. The second kappa shape index (κ2) is 3.78. The molecule has 1 heteroatoms. The zero-order valence-electron chi connectivity index (χ0n) is 8.76. The van der Waals surface area contributed by atoms with Crippen LogP contribution in [0.5, 0.6) is 0 Å². The quantitative estimate of drug-likeness (QED) is 0.539. The topological polar surface area (TPSA) is 11.3 Å². The lowest BCUT2D eigenvalue weighted by atomic mass is 10.0. The molecule has 0 aliphatic rings. The van der Waals surface area contributed by atoms with Gasteiger partial charge in [0.25, 0.3) is 0 Å². The van der Waals surface area contributed by atoms with Gasteiger partial charge in [-0.2, -0.15) is 0 Å². The maximum atomic E-state index is 5.47. The Morgan fingerprint density at radius 2 is 1.44 bits per heavy atom. The Morgan fingerprint density at radius 3 is 2.31 bits per heavy atom. The molecule has 0 radical (unpaired) electrons. The van der Waals surface area contributed by atoms with Gasteiger partial charge in [-0.15, -0.1) is 0 Å². The van der Waals surface area contributed by atoms with E-state index >= 15 is 0 Å². The molecule has 0 spiro atoms. The summed E-state index contributed by atoms with van der Waals surface area (Å²) in [5.41, 5.74) is 3.35. The fourth-order valence-corrected chi connectivity index (χ4v) is 1.93. The van der Waals surface area contributed by atoms with Crippen LogP contribution in [0, 0.1) is 0 Å². The predicted molar refractivity (Wildman–Crippen MR) is 66.1 cm³/mol. The Labute approximate surface area is 94.0 Å². The van der Waals surface area contributed by atoms with Gasteiger partial charge in [-0.05, 0) is 11.6 Å². The first-order chi connectivity index (χ1) is 7.95. The van der Waals surface area contributed by atoms with Gasteiger partial charge in [0, 0.05) is 17.7 Å². The van der Waals surface area contributed by atoms with Gasteiger partial charge in [-0.1, -0.05) is 42.5 Å². The fourth-order valence-electron chi connectivity index (χ4n) is 1.93. The molecule has 1 nitrogen and oxygen atoms in total. The first-order valence-electron chi connectivity index (χ1n) is 5.30. The van der Waals surface area contributed by atoms with Gasteiger partial charge in [0.05, 0.1) is 5.39 Å². The summed E-state index contributed by atoms with van der Waals surface area (Å²) in [5.74, 6) is 0. The Balaban J connectivity index is 2.32. The lowest BCUT2D eigenvalue weighted by Crippen LogP contribution is -1.79. The van der Waals surface area contributed by atoms with Crippen molar-refractivity contribution in [3.05, 3.63) is 66.9 Å².